The summed E-state index contributed by atoms with van der Waals surface area (Å²) < 4.78 is 4.72. The Morgan fingerprint density at radius 3 is 2.91 bits per heavy atom. The van der Waals surface area contributed by atoms with E-state index >= 15 is 0 Å². The Labute approximate surface area is 203 Å². The maximum Gasteiger partial charge on any atom is 0.267 e. The van der Waals surface area contributed by atoms with Gasteiger partial charge in [-0.2, -0.15) is 0 Å². The van der Waals surface area contributed by atoms with Crippen LogP contribution in [0.15, 0.2) is 40.8 Å². The Morgan fingerprint density at radius 1 is 1.26 bits per heavy atom. The summed E-state index contributed by atoms with van der Waals surface area (Å²) in [5.74, 6) is 6.02. The summed E-state index contributed by atoms with van der Waals surface area (Å²) in [4.78, 5) is 27.0. The van der Waals surface area contributed by atoms with Crippen molar-refractivity contribution in [2.24, 2.45) is 7.05 Å². The quantitative estimate of drug-likeness (QED) is 0.411. The van der Waals surface area contributed by atoms with Gasteiger partial charge in [0.1, 0.15) is 0 Å². The second-order valence-electron chi connectivity index (χ2n) is 8.90. The van der Waals surface area contributed by atoms with Crippen LogP contribution in [-0.2, 0) is 13.5 Å². The Bertz CT molecular complexity index is 1450. The average molecular weight is 475 g/mol. The highest BCUT2D eigenvalue weighted by molar-refractivity contribution is 7.16. The van der Waals surface area contributed by atoms with Crippen molar-refractivity contribution in [3.8, 4) is 11.8 Å². The molecule has 5 rings (SSSR count). The Kier molecular flexibility index (Phi) is 6.15. The van der Waals surface area contributed by atoms with Crippen molar-refractivity contribution in [1.82, 2.24) is 24.1 Å². The maximum atomic E-state index is 12.8. The molecule has 3 aromatic heterocycles. The van der Waals surface area contributed by atoms with E-state index in [1.165, 1.54) is 10.3 Å². The summed E-state index contributed by atoms with van der Waals surface area (Å²) in [5.41, 5.74) is 6.90. The lowest BCUT2D eigenvalue weighted by molar-refractivity contribution is 0.169. The SMILES string of the molecule is CC#CCc1cn2c(n1)c(N1CCN(C(C)c3ccc4ncsc4c3)CC1CC)cc(=O)n2C. The molecular formula is C26H30N6OS. The van der Waals surface area contributed by atoms with Crippen LogP contribution in [0.5, 0.6) is 0 Å². The van der Waals surface area contributed by atoms with Crippen molar-refractivity contribution in [2.45, 2.75) is 45.7 Å². The predicted molar refractivity (Wildman–Crippen MR) is 139 cm³/mol. The molecule has 1 aliphatic heterocycles. The molecule has 4 heterocycles. The Balaban J connectivity index is 1.44. The van der Waals surface area contributed by atoms with E-state index in [9.17, 15) is 4.79 Å². The number of fused-ring (bicyclic) bond motifs is 2. The van der Waals surface area contributed by atoms with Gasteiger partial charge in [0.05, 0.1) is 39.7 Å². The van der Waals surface area contributed by atoms with Crippen LogP contribution in [0.2, 0.25) is 0 Å². The van der Waals surface area contributed by atoms with Crippen LogP contribution in [0.4, 0.5) is 5.69 Å². The number of piperazine rings is 1. The van der Waals surface area contributed by atoms with E-state index in [4.69, 9.17) is 4.98 Å². The molecule has 0 bridgehead atoms. The molecule has 0 N–H and O–H groups in total. The first kappa shape index (κ1) is 22.6. The Morgan fingerprint density at radius 2 is 2.12 bits per heavy atom. The van der Waals surface area contributed by atoms with Gasteiger partial charge in [-0.1, -0.05) is 18.9 Å². The molecule has 0 aliphatic carbocycles. The summed E-state index contributed by atoms with van der Waals surface area (Å²) >= 11 is 1.69. The number of hydrogen-bond donors (Lipinski definition) is 0. The number of aryl methyl sites for hydroxylation is 1. The molecule has 8 heteroatoms. The number of rotatable bonds is 5. The van der Waals surface area contributed by atoms with Gasteiger partial charge < -0.3 is 4.90 Å². The van der Waals surface area contributed by atoms with Gasteiger partial charge in [-0.05, 0) is 38.0 Å². The number of nitrogens with zero attached hydrogens (tertiary/aromatic N) is 6. The molecule has 2 atom stereocenters. The van der Waals surface area contributed by atoms with E-state index < -0.39 is 0 Å². The van der Waals surface area contributed by atoms with Crippen LogP contribution < -0.4 is 10.5 Å². The van der Waals surface area contributed by atoms with E-state index in [-0.39, 0.29) is 5.56 Å². The van der Waals surface area contributed by atoms with Crippen LogP contribution in [0.25, 0.3) is 15.9 Å². The molecule has 7 nitrogen and oxygen atoms in total. The number of hydrogen-bond acceptors (Lipinski definition) is 6. The zero-order valence-electron chi connectivity index (χ0n) is 20.2. The van der Waals surface area contributed by atoms with Gasteiger partial charge in [0.15, 0.2) is 5.65 Å². The van der Waals surface area contributed by atoms with E-state index in [0.717, 1.165) is 48.6 Å². The monoisotopic (exact) mass is 474 g/mol. The lowest BCUT2D eigenvalue weighted by atomic mass is 10.0. The molecule has 0 saturated carbocycles. The van der Waals surface area contributed by atoms with Crippen molar-refractivity contribution in [1.29, 1.82) is 0 Å². The highest BCUT2D eigenvalue weighted by Gasteiger charge is 2.31. The first-order chi connectivity index (χ1) is 16.5. The lowest BCUT2D eigenvalue weighted by Gasteiger charge is -2.44. The van der Waals surface area contributed by atoms with Crippen LogP contribution in [0.3, 0.4) is 0 Å². The standard InChI is InChI=1S/C26H30N6OS/c1-5-7-8-20-15-32-26(28-20)23(14-25(33)29(32)4)31-12-11-30(16-21(31)6-2)18(3)19-9-10-22-24(13-19)34-17-27-22/h9-10,13-15,17-18,21H,6,8,11-12,16H2,1-4H3. The predicted octanol–water partition coefficient (Wildman–Crippen LogP) is 3.87. The van der Waals surface area contributed by atoms with Gasteiger partial charge in [0.25, 0.3) is 5.56 Å². The third-order valence-corrected chi connectivity index (χ3v) is 7.79. The number of benzene rings is 1. The summed E-state index contributed by atoms with van der Waals surface area (Å²) in [5, 5.41) is 0. The zero-order valence-corrected chi connectivity index (χ0v) is 21.0. The van der Waals surface area contributed by atoms with Gasteiger partial charge in [-0.15, -0.1) is 17.3 Å². The van der Waals surface area contributed by atoms with Crippen molar-refractivity contribution < 1.29 is 0 Å². The molecule has 0 amide bonds. The van der Waals surface area contributed by atoms with Gasteiger partial charge in [0, 0.05) is 44.8 Å². The largest absolute Gasteiger partial charge is 0.363 e. The average Bonchev–Trinajstić information content (AvgIpc) is 3.51. The van der Waals surface area contributed by atoms with Crippen LogP contribution in [0, 0.1) is 11.8 Å². The molecule has 1 fully saturated rings. The molecular weight excluding hydrogens is 444 g/mol. The van der Waals surface area contributed by atoms with Crippen molar-refractivity contribution in [2.75, 3.05) is 24.5 Å². The summed E-state index contributed by atoms with van der Waals surface area (Å²) in [6, 6.07) is 8.97. The molecule has 1 aromatic carbocycles. The summed E-state index contributed by atoms with van der Waals surface area (Å²) in [7, 11) is 1.78. The number of thiazole rings is 1. The Hall–Kier alpha value is -3.15. The maximum absolute atomic E-state index is 12.8. The molecule has 176 valence electrons. The minimum Gasteiger partial charge on any atom is -0.363 e. The van der Waals surface area contributed by atoms with Gasteiger partial charge >= 0.3 is 0 Å². The fourth-order valence-electron chi connectivity index (χ4n) is 4.92. The van der Waals surface area contributed by atoms with Crippen molar-refractivity contribution in [3.05, 3.63) is 57.6 Å². The highest BCUT2D eigenvalue weighted by atomic mass is 32.1. The van der Waals surface area contributed by atoms with E-state index in [2.05, 4.69) is 58.7 Å². The molecule has 0 radical (unpaired) electrons. The summed E-state index contributed by atoms with van der Waals surface area (Å²) in [6.45, 7) is 9.06. The summed E-state index contributed by atoms with van der Waals surface area (Å²) in [6.07, 6.45) is 3.51. The topological polar surface area (TPSA) is 58.7 Å². The molecule has 34 heavy (non-hydrogen) atoms. The van der Waals surface area contributed by atoms with Gasteiger partial charge in [-0.25, -0.2) is 19.2 Å². The van der Waals surface area contributed by atoms with Crippen LogP contribution in [-0.4, -0.2) is 49.7 Å². The first-order valence-corrected chi connectivity index (χ1v) is 12.7. The van der Waals surface area contributed by atoms with E-state index in [1.54, 1.807) is 29.1 Å². The number of imidazole rings is 1. The zero-order chi connectivity index (χ0) is 23.8. The molecule has 1 saturated heterocycles. The highest BCUT2D eigenvalue weighted by Crippen LogP contribution is 2.31. The van der Waals surface area contributed by atoms with Gasteiger partial charge in [0.2, 0.25) is 0 Å². The first-order valence-electron chi connectivity index (χ1n) is 11.8. The van der Waals surface area contributed by atoms with Crippen molar-refractivity contribution >= 4 is 32.9 Å². The van der Waals surface area contributed by atoms with Crippen molar-refractivity contribution in [3.63, 3.8) is 0 Å². The second kappa shape index (κ2) is 9.24. The fraction of sp³-hybridized carbons (Fsp3) is 0.423. The smallest absolute Gasteiger partial charge is 0.267 e. The van der Waals surface area contributed by atoms with E-state index in [1.807, 2.05) is 23.1 Å². The normalized spacial score (nSPS) is 17.8. The fourth-order valence-corrected chi connectivity index (χ4v) is 5.64. The minimum absolute atomic E-state index is 0.0310. The van der Waals surface area contributed by atoms with Gasteiger partial charge in [-0.3, -0.25) is 9.69 Å². The molecule has 4 aromatic rings. The molecule has 2 unspecified atom stereocenters. The van der Waals surface area contributed by atoms with E-state index in [0.29, 0.717) is 18.5 Å². The van der Waals surface area contributed by atoms with Crippen LogP contribution in [0.1, 0.15) is 44.5 Å². The molecule has 0 spiro atoms. The lowest BCUT2D eigenvalue weighted by Crippen LogP contribution is -2.54. The number of anilines is 1. The van der Waals surface area contributed by atoms with Crippen LogP contribution >= 0.6 is 11.3 Å². The molecule has 1 aliphatic rings. The number of aromatic nitrogens is 4. The minimum atomic E-state index is -0.0310. The third kappa shape index (κ3) is 3.99. The second-order valence-corrected chi connectivity index (χ2v) is 9.79. The third-order valence-electron chi connectivity index (χ3n) is 7.00.